The zero-order valence-corrected chi connectivity index (χ0v) is 15.5. The first kappa shape index (κ1) is 18.5. The van der Waals surface area contributed by atoms with Crippen molar-refractivity contribution in [2.45, 2.75) is 38.6 Å². The molecule has 0 radical (unpaired) electrons. The summed E-state index contributed by atoms with van der Waals surface area (Å²) < 4.78 is 5.66. The van der Waals surface area contributed by atoms with E-state index in [9.17, 15) is 4.79 Å². The molecule has 4 nitrogen and oxygen atoms in total. The van der Waals surface area contributed by atoms with Gasteiger partial charge in [-0.25, -0.2) is 0 Å². The van der Waals surface area contributed by atoms with Crippen molar-refractivity contribution in [3.8, 4) is 5.75 Å². The molecular weight excluding hydrogens is 324 g/mol. The molecule has 0 spiro atoms. The Morgan fingerprint density at radius 3 is 2.35 bits per heavy atom. The highest BCUT2D eigenvalue weighted by molar-refractivity contribution is 5.96. The molecule has 1 aliphatic heterocycles. The van der Waals surface area contributed by atoms with Gasteiger partial charge >= 0.3 is 0 Å². The number of para-hydroxylation sites is 2. The molecule has 4 heteroatoms. The molecular formula is C22H28N2O2. The predicted molar refractivity (Wildman–Crippen MR) is 105 cm³/mol. The average Bonchev–Trinajstić information content (AvgIpc) is 2.94. The summed E-state index contributed by atoms with van der Waals surface area (Å²) in [5.74, 6) is 0.719. The number of hydrogen-bond donors (Lipinski definition) is 1. The van der Waals surface area contributed by atoms with Crippen LogP contribution in [0.15, 0.2) is 54.6 Å². The normalized spacial score (nSPS) is 16.5. The first-order valence-electron chi connectivity index (χ1n) is 9.61. The Balaban J connectivity index is 1.85. The minimum absolute atomic E-state index is 0.00486. The predicted octanol–water partition coefficient (Wildman–Crippen LogP) is 4.64. The Morgan fingerprint density at radius 2 is 1.65 bits per heavy atom. The fourth-order valence-corrected chi connectivity index (χ4v) is 3.57. The molecule has 26 heavy (non-hydrogen) atoms. The zero-order chi connectivity index (χ0) is 18.2. The fourth-order valence-electron chi connectivity index (χ4n) is 3.57. The summed E-state index contributed by atoms with van der Waals surface area (Å²) in [6, 6.07) is 17.4. The number of carbonyl (C=O) groups excluding carboxylic acids is 1. The van der Waals surface area contributed by atoms with E-state index >= 15 is 0 Å². The van der Waals surface area contributed by atoms with Crippen LogP contribution in [0, 0.1) is 0 Å². The van der Waals surface area contributed by atoms with Gasteiger partial charge in [-0.2, -0.15) is 0 Å². The summed E-state index contributed by atoms with van der Waals surface area (Å²) >= 11 is 0. The maximum atomic E-state index is 13.3. The minimum Gasteiger partial charge on any atom is -0.492 e. The van der Waals surface area contributed by atoms with Gasteiger partial charge in [-0.1, -0.05) is 55.3 Å². The number of benzene rings is 2. The minimum atomic E-state index is -0.274. The van der Waals surface area contributed by atoms with Crippen molar-refractivity contribution in [2.75, 3.05) is 25.0 Å². The number of likely N-dealkylation sites (tertiary alicyclic amines) is 1. The van der Waals surface area contributed by atoms with Crippen molar-refractivity contribution in [3.63, 3.8) is 0 Å². The second-order valence-corrected chi connectivity index (χ2v) is 6.68. The molecule has 138 valence electrons. The molecule has 1 aliphatic rings. The maximum Gasteiger partial charge on any atom is 0.246 e. The van der Waals surface area contributed by atoms with E-state index in [1.807, 2.05) is 61.5 Å². The first-order chi connectivity index (χ1) is 12.8. The summed E-state index contributed by atoms with van der Waals surface area (Å²) in [4.78, 5) is 15.6. The van der Waals surface area contributed by atoms with Gasteiger partial charge in [-0.3, -0.25) is 9.69 Å². The number of rotatable bonds is 6. The van der Waals surface area contributed by atoms with Crippen molar-refractivity contribution in [1.82, 2.24) is 4.90 Å². The third kappa shape index (κ3) is 4.64. The van der Waals surface area contributed by atoms with Crippen LogP contribution in [0.4, 0.5) is 5.69 Å². The average molecular weight is 352 g/mol. The lowest BCUT2D eigenvalue weighted by Gasteiger charge is -2.30. The van der Waals surface area contributed by atoms with Gasteiger partial charge in [0.05, 0.1) is 12.3 Å². The van der Waals surface area contributed by atoms with Gasteiger partial charge in [0.1, 0.15) is 11.8 Å². The van der Waals surface area contributed by atoms with E-state index in [-0.39, 0.29) is 11.9 Å². The number of anilines is 1. The molecule has 0 aromatic heterocycles. The van der Waals surface area contributed by atoms with Gasteiger partial charge in [-0.15, -0.1) is 0 Å². The summed E-state index contributed by atoms with van der Waals surface area (Å²) in [7, 11) is 0. The molecule has 1 fully saturated rings. The van der Waals surface area contributed by atoms with Crippen LogP contribution < -0.4 is 10.1 Å². The maximum absolute atomic E-state index is 13.3. The van der Waals surface area contributed by atoms with Crippen molar-refractivity contribution in [1.29, 1.82) is 0 Å². The molecule has 0 saturated carbocycles. The number of hydrogen-bond acceptors (Lipinski definition) is 3. The van der Waals surface area contributed by atoms with E-state index in [1.165, 1.54) is 12.8 Å². The standard InChI is InChI=1S/C22H28N2O2/c1-2-26-20-15-9-8-14-19(20)23-22(25)21(18-12-6-5-7-13-18)24-16-10-3-4-11-17-24/h5-9,12-15,21H,2-4,10-11,16-17H2,1H3,(H,23,25)/t21-/m1/s1. The lowest BCUT2D eigenvalue weighted by atomic mass is 10.0. The van der Waals surface area contributed by atoms with E-state index in [2.05, 4.69) is 10.2 Å². The summed E-state index contributed by atoms with van der Waals surface area (Å²) in [6.07, 6.45) is 4.78. The van der Waals surface area contributed by atoms with Crippen LogP contribution in [0.3, 0.4) is 0 Å². The lowest BCUT2D eigenvalue weighted by molar-refractivity contribution is -0.121. The third-order valence-corrected chi connectivity index (χ3v) is 4.81. The quantitative estimate of drug-likeness (QED) is 0.823. The Morgan fingerprint density at radius 1 is 1.00 bits per heavy atom. The van der Waals surface area contributed by atoms with E-state index < -0.39 is 0 Å². The van der Waals surface area contributed by atoms with Crippen LogP contribution in [0.1, 0.15) is 44.2 Å². The highest BCUT2D eigenvalue weighted by atomic mass is 16.5. The Labute approximate surface area is 156 Å². The Bertz CT molecular complexity index is 694. The number of amides is 1. The van der Waals surface area contributed by atoms with E-state index in [4.69, 9.17) is 4.74 Å². The van der Waals surface area contributed by atoms with Gasteiger partial charge in [0, 0.05) is 0 Å². The number of nitrogens with zero attached hydrogens (tertiary/aromatic N) is 1. The highest BCUT2D eigenvalue weighted by Crippen LogP contribution is 2.29. The van der Waals surface area contributed by atoms with Crippen LogP contribution >= 0.6 is 0 Å². The first-order valence-corrected chi connectivity index (χ1v) is 9.61. The van der Waals surface area contributed by atoms with E-state index in [0.717, 1.165) is 37.2 Å². The van der Waals surface area contributed by atoms with E-state index in [0.29, 0.717) is 12.4 Å². The second kappa shape index (κ2) is 9.39. The number of ether oxygens (including phenoxy) is 1. The Hall–Kier alpha value is -2.33. The van der Waals surface area contributed by atoms with Crippen LogP contribution in [0.25, 0.3) is 0 Å². The smallest absolute Gasteiger partial charge is 0.246 e. The largest absolute Gasteiger partial charge is 0.492 e. The Kier molecular flexibility index (Phi) is 6.67. The highest BCUT2D eigenvalue weighted by Gasteiger charge is 2.28. The molecule has 1 N–H and O–H groups in total. The van der Waals surface area contributed by atoms with Crippen molar-refractivity contribution < 1.29 is 9.53 Å². The molecule has 0 bridgehead atoms. The summed E-state index contributed by atoms with van der Waals surface area (Å²) in [5, 5.41) is 3.11. The van der Waals surface area contributed by atoms with Crippen molar-refractivity contribution in [3.05, 3.63) is 60.2 Å². The van der Waals surface area contributed by atoms with Crippen LogP contribution in [0.2, 0.25) is 0 Å². The van der Waals surface area contributed by atoms with Gasteiger partial charge in [0.2, 0.25) is 5.91 Å². The number of carbonyl (C=O) groups is 1. The molecule has 1 atom stereocenters. The topological polar surface area (TPSA) is 41.6 Å². The molecule has 2 aromatic rings. The molecule has 2 aromatic carbocycles. The molecule has 0 aliphatic carbocycles. The van der Waals surface area contributed by atoms with Crippen molar-refractivity contribution in [2.24, 2.45) is 0 Å². The summed E-state index contributed by atoms with van der Waals surface area (Å²) in [6.45, 7) is 4.43. The monoisotopic (exact) mass is 352 g/mol. The fraction of sp³-hybridized carbons (Fsp3) is 0.409. The molecule has 1 saturated heterocycles. The van der Waals surface area contributed by atoms with Crippen molar-refractivity contribution >= 4 is 11.6 Å². The molecule has 1 heterocycles. The third-order valence-electron chi connectivity index (χ3n) is 4.81. The van der Waals surface area contributed by atoms with Gasteiger partial charge in [0.15, 0.2) is 0 Å². The van der Waals surface area contributed by atoms with Gasteiger partial charge in [0.25, 0.3) is 0 Å². The number of nitrogens with one attached hydrogen (secondary N) is 1. The van der Waals surface area contributed by atoms with Gasteiger partial charge < -0.3 is 10.1 Å². The van der Waals surface area contributed by atoms with E-state index in [1.54, 1.807) is 0 Å². The van der Waals surface area contributed by atoms with Crippen LogP contribution in [-0.2, 0) is 4.79 Å². The second-order valence-electron chi connectivity index (χ2n) is 6.68. The SMILES string of the molecule is CCOc1ccccc1NC(=O)[C@@H](c1ccccc1)N1CCCCCC1. The van der Waals surface area contributed by atoms with Gasteiger partial charge in [-0.05, 0) is 50.6 Å². The summed E-state index contributed by atoms with van der Waals surface area (Å²) in [5.41, 5.74) is 1.77. The zero-order valence-electron chi connectivity index (χ0n) is 15.5. The van der Waals surface area contributed by atoms with Crippen LogP contribution in [0.5, 0.6) is 5.75 Å². The lowest BCUT2D eigenvalue weighted by Crippen LogP contribution is -2.38. The molecule has 3 rings (SSSR count). The molecule has 1 amide bonds. The molecule has 0 unspecified atom stereocenters. The van der Waals surface area contributed by atoms with Crippen LogP contribution in [-0.4, -0.2) is 30.5 Å².